The largest absolute Gasteiger partial charge is 0.481 e. The molecular weight excluding hydrogens is 244 g/mol. The Morgan fingerprint density at radius 3 is 3.18 bits per heavy atom. The van der Waals surface area contributed by atoms with Gasteiger partial charge in [-0.3, -0.25) is 4.79 Å². The quantitative estimate of drug-likeness (QED) is 0.851. The SMILES string of the molecule is O=C(O)CSCc1nc(C2CCCOC2)no1. The Kier molecular flexibility index (Phi) is 4.38. The lowest BCUT2D eigenvalue weighted by Crippen LogP contribution is -2.16. The summed E-state index contributed by atoms with van der Waals surface area (Å²) in [7, 11) is 0. The van der Waals surface area contributed by atoms with E-state index in [0.717, 1.165) is 19.4 Å². The Bertz CT molecular complexity index is 376. The fourth-order valence-electron chi connectivity index (χ4n) is 1.66. The molecule has 0 bridgehead atoms. The minimum absolute atomic E-state index is 0.0459. The summed E-state index contributed by atoms with van der Waals surface area (Å²) in [5.74, 6) is 1.02. The van der Waals surface area contributed by atoms with Gasteiger partial charge in [0, 0.05) is 12.5 Å². The highest BCUT2D eigenvalue weighted by molar-refractivity contribution is 7.99. The normalized spacial score (nSPS) is 20.4. The van der Waals surface area contributed by atoms with E-state index < -0.39 is 5.97 Å². The minimum atomic E-state index is -0.838. The van der Waals surface area contributed by atoms with Crippen LogP contribution in [-0.2, 0) is 15.3 Å². The zero-order valence-electron chi connectivity index (χ0n) is 9.29. The van der Waals surface area contributed by atoms with Crippen molar-refractivity contribution >= 4 is 17.7 Å². The molecule has 17 heavy (non-hydrogen) atoms. The molecule has 0 radical (unpaired) electrons. The molecule has 0 spiro atoms. The van der Waals surface area contributed by atoms with Crippen LogP contribution in [0.1, 0.15) is 30.5 Å². The maximum atomic E-state index is 10.3. The number of aliphatic carboxylic acids is 1. The molecule has 0 aromatic carbocycles. The molecule has 0 saturated carbocycles. The van der Waals surface area contributed by atoms with Crippen molar-refractivity contribution in [3.05, 3.63) is 11.7 Å². The summed E-state index contributed by atoms with van der Waals surface area (Å²) in [5.41, 5.74) is 0. The van der Waals surface area contributed by atoms with Gasteiger partial charge in [-0.25, -0.2) is 0 Å². The summed E-state index contributed by atoms with van der Waals surface area (Å²) in [5, 5.41) is 12.4. The van der Waals surface area contributed by atoms with Gasteiger partial charge in [0.25, 0.3) is 0 Å². The second kappa shape index (κ2) is 6.02. The first-order valence-corrected chi connectivity index (χ1v) is 6.61. The van der Waals surface area contributed by atoms with Crippen LogP contribution < -0.4 is 0 Å². The van der Waals surface area contributed by atoms with Gasteiger partial charge in [0.2, 0.25) is 5.89 Å². The van der Waals surface area contributed by atoms with Crippen molar-refractivity contribution in [3.8, 4) is 0 Å². The van der Waals surface area contributed by atoms with Crippen molar-refractivity contribution in [2.45, 2.75) is 24.5 Å². The van der Waals surface area contributed by atoms with Gasteiger partial charge in [-0.05, 0) is 12.8 Å². The summed E-state index contributed by atoms with van der Waals surface area (Å²) in [4.78, 5) is 14.6. The predicted octanol–water partition coefficient (Wildman–Crippen LogP) is 1.28. The third kappa shape index (κ3) is 3.71. The van der Waals surface area contributed by atoms with E-state index in [1.54, 1.807) is 0 Å². The van der Waals surface area contributed by atoms with Crippen molar-refractivity contribution < 1.29 is 19.2 Å². The van der Waals surface area contributed by atoms with Gasteiger partial charge in [-0.15, -0.1) is 11.8 Å². The highest BCUT2D eigenvalue weighted by Gasteiger charge is 2.21. The number of carboxylic acid groups (broad SMARTS) is 1. The molecule has 1 N–H and O–H groups in total. The average Bonchev–Trinajstić information content (AvgIpc) is 2.78. The molecule has 2 rings (SSSR count). The van der Waals surface area contributed by atoms with Crippen molar-refractivity contribution in [2.24, 2.45) is 0 Å². The van der Waals surface area contributed by atoms with E-state index in [-0.39, 0.29) is 11.7 Å². The molecular formula is C10H14N2O4S. The number of rotatable bonds is 5. The number of ether oxygens (including phenoxy) is 1. The van der Waals surface area contributed by atoms with E-state index >= 15 is 0 Å². The smallest absolute Gasteiger partial charge is 0.313 e. The molecule has 94 valence electrons. The first-order valence-electron chi connectivity index (χ1n) is 5.45. The van der Waals surface area contributed by atoms with Crippen molar-refractivity contribution in [1.82, 2.24) is 10.1 Å². The number of carbonyl (C=O) groups is 1. The summed E-state index contributed by atoms with van der Waals surface area (Å²) < 4.78 is 10.4. The number of aromatic nitrogens is 2. The number of carboxylic acids is 1. The van der Waals surface area contributed by atoms with E-state index in [2.05, 4.69) is 10.1 Å². The Hall–Kier alpha value is -1.08. The minimum Gasteiger partial charge on any atom is -0.481 e. The average molecular weight is 258 g/mol. The zero-order valence-corrected chi connectivity index (χ0v) is 10.1. The van der Waals surface area contributed by atoms with E-state index in [4.69, 9.17) is 14.4 Å². The van der Waals surface area contributed by atoms with Gasteiger partial charge < -0.3 is 14.4 Å². The zero-order chi connectivity index (χ0) is 12.1. The molecule has 1 aromatic heterocycles. The van der Waals surface area contributed by atoms with Crippen LogP contribution in [0, 0.1) is 0 Å². The number of nitrogens with zero attached hydrogens (tertiary/aromatic N) is 2. The molecule has 0 amide bonds. The molecule has 0 aliphatic carbocycles. The Morgan fingerprint density at radius 1 is 1.59 bits per heavy atom. The molecule has 6 nitrogen and oxygen atoms in total. The molecule has 1 unspecified atom stereocenters. The van der Waals surface area contributed by atoms with Gasteiger partial charge >= 0.3 is 5.97 Å². The lowest BCUT2D eigenvalue weighted by molar-refractivity contribution is -0.133. The molecule has 1 aromatic rings. The lowest BCUT2D eigenvalue weighted by Gasteiger charge is -2.18. The summed E-state index contributed by atoms with van der Waals surface area (Å²) >= 11 is 1.25. The monoisotopic (exact) mass is 258 g/mol. The topological polar surface area (TPSA) is 85.5 Å². The van der Waals surface area contributed by atoms with E-state index in [9.17, 15) is 4.79 Å². The van der Waals surface area contributed by atoms with E-state index in [1.807, 2.05) is 0 Å². The van der Waals surface area contributed by atoms with Crippen molar-refractivity contribution in [1.29, 1.82) is 0 Å². The van der Waals surface area contributed by atoms with E-state index in [1.165, 1.54) is 11.8 Å². The molecule has 1 saturated heterocycles. The molecule has 1 atom stereocenters. The number of hydrogen-bond donors (Lipinski definition) is 1. The second-order valence-electron chi connectivity index (χ2n) is 3.85. The van der Waals surface area contributed by atoms with Crippen molar-refractivity contribution in [2.75, 3.05) is 19.0 Å². The van der Waals surface area contributed by atoms with Crippen LogP contribution in [-0.4, -0.2) is 40.2 Å². The third-order valence-corrected chi connectivity index (χ3v) is 3.36. The standard InChI is InChI=1S/C10H14N2O4S/c13-9(14)6-17-5-8-11-10(12-16-8)7-2-1-3-15-4-7/h7H,1-6H2,(H,13,14). The molecule has 2 heterocycles. The summed E-state index contributed by atoms with van der Waals surface area (Å²) in [6, 6.07) is 0. The lowest BCUT2D eigenvalue weighted by atomic mass is 10.0. The molecule has 1 fully saturated rings. The van der Waals surface area contributed by atoms with Crippen LogP contribution in [0.2, 0.25) is 0 Å². The third-order valence-electron chi connectivity index (χ3n) is 2.46. The van der Waals surface area contributed by atoms with Gasteiger partial charge in [0.15, 0.2) is 5.82 Å². The van der Waals surface area contributed by atoms with Crippen LogP contribution in [0.25, 0.3) is 0 Å². The Morgan fingerprint density at radius 2 is 2.47 bits per heavy atom. The van der Waals surface area contributed by atoms with Crippen molar-refractivity contribution in [3.63, 3.8) is 0 Å². The maximum Gasteiger partial charge on any atom is 0.313 e. The number of hydrogen-bond acceptors (Lipinski definition) is 6. The maximum absolute atomic E-state index is 10.3. The fourth-order valence-corrected chi connectivity index (χ4v) is 2.23. The van der Waals surface area contributed by atoms with Gasteiger partial charge in [-0.2, -0.15) is 4.98 Å². The summed E-state index contributed by atoms with van der Waals surface area (Å²) in [6.45, 7) is 1.44. The van der Waals surface area contributed by atoms with Crippen LogP contribution in [0.15, 0.2) is 4.52 Å². The van der Waals surface area contributed by atoms with Crippen LogP contribution in [0.4, 0.5) is 0 Å². The Labute approximate surface area is 103 Å². The first kappa shape index (κ1) is 12.4. The fraction of sp³-hybridized carbons (Fsp3) is 0.700. The highest BCUT2D eigenvalue weighted by atomic mass is 32.2. The Balaban J connectivity index is 1.84. The van der Waals surface area contributed by atoms with Crippen LogP contribution in [0.3, 0.4) is 0 Å². The van der Waals surface area contributed by atoms with Gasteiger partial charge in [0.1, 0.15) is 0 Å². The van der Waals surface area contributed by atoms with Crippen LogP contribution in [0.5, 0.6) is 0 Å². The molecule has 1 aliphatic heterocycles. The predicted molar refractivity (Wildman–Crippen MR) is 60.9 cm³/mol. The highest BCUT2D eigenvalue weighted by Crippen LogP contribution is 2.23. The molecule has 1 aliphatic rings. The summed E-state index contributed by atoms with van der Waals surface area (Å²) in [6.07, 6.45) is 2.03. The van der Waals surface area contributed by atoms with E-state index in [0.29, 0.717) is 24.1 Å². The van der Waals surface area contributed by atoms with Gasteiger partial charge in [0.05, 0.1) is 18.1 Å². The number of thioether (sulfide) groups is 1. The van der Waals surface area contributed by atoms with Crippen LogP contribution >= 0.6 is 11.8 Å². The van der Waals surface area contributed by atoms with Gasteiger partial charge in [-0.1, -0.05) is 5.16 Å². The molecule has 7 heteroatoms. The second-order valence-corrected chi connectivity index (χ2v) is 4.83. The first-order chi connectivity index (χ1) is 8.25.